The van der Waals surface area contributed by atoms with Gasteiger partial charge in [0.2, 0.25) is 0 Å². The Hall–Kier alpha value is -4.26. The lowest BCUT2D eigenvalue weighted by atomic mass is 9.88. The third-order valence-electron chi connectivity index (χ3n) is 7.54. The van der Waals surface area contributed by atoms with Gasteiger partial charge in [-0.1, -0.05) is 13.0 Å². The van der Waals surface area contributed by atoms with Crippen LogP contribution in [0.4, 0.5) is 28.9 Å². The standard InChI is InChI=1S/C27H25F4N7O2/c1-14-11-36(13-19(14)32)24-16-12-37(15-9-27(30,31)10-15)34-20(16)5-6-21(24)33-26(40)22-7-8-23(39)38(35-22)25-17(28)3-2-4-18(25)29/h2-8,12,14-15,19H,9-11,13,32H2,1H3,(H,33,40)/t14-,19+/m1/s1. The number of nitrogens with two attached hydrogens (primary N) is 1. The van der Waals surface area contributed by atoms with E-state index in [0.717, 1.165) is 30.3 Å². The van der Waals surface area contributed by atoms with Crippen molar-refractivity contribution >= 4 is 28.2 Å². The van der Waals surface area contributed by atoms with Crippen molar-refractivity contribution in [2.24, 2.45) is 11.7 Å². The monoisotopic (exact) mass is 555 g/mol. The lowest BCUT2D eigenvalue weighted by Crippen LogP contribution is -2.37. The number of anilines is 2. The van der Waals surface area contributed by atoms with Crippen molar-refractivity contribution in [3.05, 3.63) is 76.3 Å². The second-order valence-corrected chi connectivity index (χ2v) is 10.5. The van der Waals surface area contributed by atoms with Gasteiger partial charge in [0, 0.05) is 49.6 Å². The number of halogens is 4. The van der Waals surface area contributed by atoms with Gasteiger partial charge in [-0.05, 0) is 36.2 Å². The summed E-state index contributed by atoms with van der Waals surface area (Å²) in [6.07, 6.45) is 1.11. The van der Waals surface area contributed by atoms with E-state index in [1.165, 1.54) is 4.68 Å². The Morgan fingerprint density at radius 1 is 1.02 bits per heavy atom. The first-order chi connectivity index (χ1) is 19.0. The molecule has 2 aromatic carbocycles. The summed E-state index contributed by atoms with van der Waals surface area (Å²) in [6, 6.07) is 8.02. The van der Waals surface area contributed by atoms with E-state index in [2.05, 4.69) is 15.5 Å². The van der Waals surface area contributed by atoms with Gasteiger partial charge in [0.15, 0.2) is 11.6 Å². The molecule has 4 aromatic rings. The van der Waals surface area contributed by atoms with Crippen LogP contribution in [-0.4, -0.2) is 50.5 Å². The molecule has 3 heterocycles. The average Bonchev–Trinajstić information content (AvgIpc) is 3.45. The molecule has 208 valence electrons. The Balaban J connectivity index is 1.38. The summed E-state index contributed by atoms with van der Waals surface area (Å²) < 4.78 is 57.8. The number of amides is 1. The van der Waals surface area contributed by atoms with Crippen molar-refractivity contribution < 1.29 is 22.4 Å². The Labute approximate surface area is 225 Å². The van der Waals surface area contributed by atoms with Crippen LogP contribution in [-0.2, 0) is 0 Å². The van der Waals surface area contributed by atoms with Crippen molar-refractivity contribution in [1.29, 1.82) is 0 Å². The number of nitrogens with one attached hydrogen (secondary N) is 1. The molecule has 1 saturated carbocycles. The van der Waals surface area contributed by atoms with Crippen LogP contribution in [0.2, 0.25) is 0 Å². The fourth-order valence-corrected chi connectivity index (χ4v) is 5.29. The van der Waals surface area contributed by atoms with E-state index in [4.69, 9.17) is 5.73 Å². The maximum Gasteiger partial charge on any atom is 0.276 e. The van der Waals surface area contributed by atoms with Gasteiger partial charge in [-0.15, -0.1) is 0 Å². The fraction of sp³-hybridized carbons (Fsp3) is 0.333. The maximum atomic E-state index is 14.4. The van der Waals surface area contributed by atoms with Gasteiger partial charge < -0.3 is 16.0 Å². The molecule has 3 N–H and O–H groups in total. The molecule has 13 heteroatoms. The van der Waals surface area contributed by atoms with Crippen LogP contribution >= 0.6 is 0 Å². The Bertz CT molecular complexity index is 1660. The van der Waals surface area contributed by atoms with Crippen LogP contribution in [0, 0.1) is 17.6 Å². The van der Waals surface area contributed by atoms with E-state index in [0.29, 0.717) is 40.0 Å². The summed E-state index contributed by atoms with van der Waals surface area (Å²) in [5.74, 6) is -5.31. The van der Waals surface area contributed by atoms with Crippen molar-refractivity contribution in [3.8, 4) is 5.69 Å². The highest BCUT2D eigenvalue weighted by atomic mass is 19.3. The molecule has 0 unspecified atom stereocenters. The molecule has 1 aliphatic heterocycles. The van der Waals surface area contributed by atoms with Crippen LogP contribution in [0.1, 0.15) is 36.3 Å². The Kier molecular flexibility index (Phi) is 6.13. The summed E-state index contributed by atoms with van der Waals surface area (Å²) in [7, 11) is 0. The molecule has 2 fully saturated rings. The number of aromatic nitrogens is 4. The molecular formula is C27H25F4N7O2. The first-order valence-electron chi connectivity index (χ1n) is 12.8. The molecule has 2 atom stereocenters. The molecule has 2 aliphatic rings. The highest BCUT2D eigenvalue weighted by molar-refractivity contribution is 6.08. The van der Waals surface area contributed by atoms with E-state index in [1.54, 1.807) is 18.3 Å². The molecular weight excluding hydrogens is 530 g/mol. The second kappa shape index (κ2) is 9.44. The molecule has 0 spiro atoms. The van der Waals surface area contributed by atoms with Crippen molar-refractivity contribution in [2.75, 3.05) is 23.3 Å². The third-order valence-corrected chi connectivity index (χ3v) is 7.54. The zero-order valence-electron chi connectivity index (χ0n) is 21.3. The number of benzene rings is 2. The van der Waals surface area contributed by atoms with Crippen LogP contribution in [0.25, 0.3) is 16.6 Å². The summed E-state index contributed by atoms with van der Waals surface area (Å²) in [5, 5.41) is 11.9. The summed E-state index contributed by atoms with van der Waals surface area (Å²) >= 11 is 0. The number of hydrogen-bond donors (Lipinski definition) is 2. The van der Waals surface area contributed by atoms with E-state index >= 15 is 0 Å². The topological polar surface area (TPSA) is 111 Å². The average molecular weight is 556 g/mol. The normalized spacial score (nSPS) is 20.6. The molecule has 0 radical (unpaired) electrons. The fourth-order valence-electron chi connectivity index (χ4n) is 5.29. The number of nitrogens with zero attached hydrogens (tertiary/aromatic N) is 5. The second-order valence-electron chi connectivity index (χ2n) is 10.5. The van der Waals surface area contributed by atoms with E-state index in [9.17, 15) is 27.2 Å². The number of fused-ring (bicyclic) bond motifs is 1. The van der Waals surface area contributed by atoms with Crippen LogP contribution in [0.5, 0.6) is 0 Å². The zero-order chi connectivity index (χ0) is 28.3. The number of alkyl halides is 2. The minimum absolute atomic E-state index is 0.125. The molecule has 2 aromatic heterocycles. The van der Waals surface area contributed by atoms with Crippen LogP contribution in [0.3, 0.4) is 0 Å². The van der Waals surface area contributed by atoms with E-state index < -0.39 is 40.8 Å². The number of carbonyl (C=O) groups excluding carboxylic acids is 1. The highest BCUT2D eigenvalue weighted by Gasteiger charge is 2.47. The zero-order valence-corrected chi connectivity index (χ0v) is 21.3. The van der Waals surface area contributed by atoms with Gasteiger partial charge in [-0.25, -0.2) is 17.6 Å². The molecule has 1 saturated heterocycles. The van der Waals surface area contributed by atoms with Crippen molar-refractivity contribution in [1.82, 2.24) is 19.6 Å². The lowest BCUT2D eigenvalue weighted by molar-refractivity contribution is -0.106. The predicted octanol–water partition coefficient (Wildman–Crippen LogP) is 3.87. The largest absolute Gasteiger partial charge is 0.367 e. The highest BCUT2D eigenvalue weighted by Crippen LogP contribution is 2.46. The summed E-state index contributed by atoms with van der Waals surface area (Å²) in [4.78, 5) is 27.7. The van der Waals surface area contributed by atoms with Gasteiger partial charge >= 0.3 is 0 Å². The van der Waals surface area contributed by atoms with E-state index in [-0.39, 0.29) is 30.5 Å². The molecule has 0 bridgehead atoms. The molecule has 9 nitrogen and oxygen atoms in total. The number of carbonyl (C=O) groups is 1. The number of rotatable bonds is 5. The molecule has 6 rings (SSSR count). The predicted molar refractivity (Wildman–Crippen MR) is 140 cm³/mol. The number of hydrogen-bond acceptors (Lipinski definition) is 6. The van der Waals surface area contributed by atoms with Gasteiger partial charge in [-0.3, -0.25) is 14.3 Å². The third kappa shape index (κ3) is 4.49. The van der Waals surface area contributed by atoms with Crippen LogP contribution in [0.15, 0.2) is 53.5 Å². The van der Waals surface area contributed by atoms with Gasteiger partial charge in [0.05, 0.1) is 22.9 Å². The van der Waals surface area contributed by atoms with Gasteiger partial charge in [0.1, 0.15) is 11.4 Å². The SMILES string of the molecule is C[C@@H]1CN(c2c(NC(=O)c3ccc(=O)n(-c4c(F)cccc4F)n3)ccc3nn(C4CC(F)(F)C4)cc23)C[C@@H]1N. The summed E-state index contributed by atoms with van der Waals surface area (Å²) in [5.41, 5.74) is 6.08. The summed E-state index contributed by atoms with van der Waals surface area (Å²) in [6.45, 7) is 3.09. The molecule has 1 aliphatic carbocycles. The minimum Gasteiger partial charge on any atom is -0.367 e. The van der Waals surface area contributed by atoms with Crippen molar-refractivity contribution in [2.45, 2.75) is 37.8 Å². The first kappa shape index (κ1) is 26.0. The van der Waals surface area contributed by atoms with Gasteiger partial charge in [-0.2, -0.15) is 14.9 Å². The van der Waals surface area contributed by atoms with Gasteiger partial charge in [0.25, 0.3) is 17.4 Å². The number of para-hydroxylation sites is 1. The Morgan fingerprint density at radius 2 is 1.75 bits per heavy atom. The van der Waals surface area contributed by atoms with E-state index in [1.807, 2.05) is 11.8 Å². The smallest absolute Gasteiger partial charge is 0.276 e. The van der Waals surface area contributed by atoms with Crippen LogP contribution < -0.4 is 21.5 Å². The first-order valence-corrected chi connectivity index (χ1v) is 12.8. The lowest BCUT2D eigenvalue weighted by Gasteiger charge is -2.34. The minimum atomic E-state index is -2.71. The quantitative estimate of drug-likeness (QED) is 0.362. The molecule has 1 amide bonds. The van der Waals surface area contributed by atoms with Crippen molar-refractivity contribution in [3.63, 3.8) is 0 Å². The molecule has 40 heavy (non-hydrogen) atoms. The maximum absolute atomic E-state index is 14.4. The Morgan fingerprint density at radius 3 is 2.40 bits per heavy atom.